The van der Waals surface area contributed by atoms with Crippen LogP contribution in [-0.4, -0.2) is 54.3 Å². The molecule has 0 spiro atoms. The van der Waals surface area contributed by atoms with E-state index in [1.54, 1.807) is 6.07 Å². The number of anilines is 1. The first-order valence-electron chi connectivity index (χ1n) is 12.0. The number of rotatable bonds is 8. The monoisotopic (exact) mass is 573 g/mol. The maximum absolute atomic E-state index is 13.7. The van der Waals surface area contributed by atoms with Gasteiger partial charge in [-0.15, -0.1) is 0 Å². The van der Waals surface area contributed by atoms with E-state index in [0.717, 1.165) is 32.3 Å². The second-order valence-corrected chi connectivity index (χ2v) is 10.4. The minimum Gasteiger partial charge on any atom is -0.481 e. The molecule has 1 saturated heterocycles. The summed E-state index contributed by atoms with van der Waals surface area (Å²) in [5.74, 6) is -0.575. The number of halogens is 2. The average Bonchev–Trinajstić information content (AvgIpc) is 2.84. The Morgan fingerprint density at radius 3 is 2.81 bits per heavy atom. The molecule has 2 aromatic carbocycles. The Kier molecular flexibility index (Phi) is 8.49. The first-order valence-corrected chi connectivity index (χ1v) is 13.1. The number of morpholine rings is 1. The van der Waals surface area contributed by atoms with E-state index in [0.29, 0.717) is 36.7 Å². The lowest BCUT2D eigenvalue weighted by atomic mass is 9.93. The third-order valence-electron chi connectivity index (χ3n) is 6.49. The predicted molar refractivity (Wildman–Crippen MR) is 145 cm³/mol. The van der Waals surface area contributed by atoms with Gasteiger partial charge in [-0.1, -0.05) is 45.7 Å². The summed E-state index contributed by atoms with van der Waals surface area (Å²) in [6, 6.07) is 13.1. The fourth-order valence-corrected chi connectivity index (χ4v) is 5.36. The molecule has 1 aliphatic heterocycles. The summed E-state index contributed by atoms with van der Waals surface area (Å²) in [4.78, 5) is 32.0. The van der Waals surface area contributed by atoms with Gasteiger partial charge in [0.2, 0.25) is 0 Å². The Hall–Kier alpha value is -2.68. The molecular formula is C27H29BrClN3O4. The van der Waals surface area contributed by atoms with Crippen LogP contribution in [0.4, 0.5) is 5.82 Å². The Bertz CT molecular complexity index is 1290. The number of hydrogen-bond donors (Lipinski definition) is 2. The molecule has 7 nitrogen and oxygen atoms in total. The first-order chi connectivity index (χ1) is 17.2. The maximum atomic E-state index is 13.7. The van der Waals surface area contributed by atoms with Gasteiger partial charge in [0.1, 0.15) is 5.82 Å². The van der Waals surface area contributed by atoms with Gasteiger partial charge in [-0.05, 0) is 50.1 Å². The molecule has 3 aromatic rings. The van der Waals surface area contributed by atoms with E-state index in [-0.39, 0.29) is 30.9 Å². The van der Waals surface area contributed by atoms with Crippen LogP contribution in [0, 0.1) is 6.92 Å². The van der Waals surface area contributed by atoms with Crippen molar-refractivity contribution >= 4 is 56.1 Å². The minimum atomic E-state index is -0.886. The topological polar surface area (TPSA) is 91.8 Å². The number of fused-ring (bicyclic) bond motifs is 1. The van der Waals surface area contributed by atoms with Gasteiger partial charge in [-0.25, -0.2) is 4.98 Å². The largest absolute Gasteiger partial charge is 0.481 e. The number of pyridine rings is 1. The zero-order chi connectivity index (χ0) is 25.8. The number of carbonyl (C=O) groups excluding carboxylic acids is 1. The number of nitrogens with one attached hydrogen (secondary N) is 1. The summed E-state index contributed by atoms with van der Waals surface area (Å²) in [5.41, 5.74) is 2.91. The van der Waals surface area contributed by atoms with Crippen LogP contribution in [0.2, 0.25) is 5.02 Å². The number of nitrogens with zero attached hydrogens (tertiary/aromatic N) is 2. The molecule has 1 aliphatic rings. The van der Waals surface area contributed by atoms with Crippen molar-refractivity contribution in [1.82, 2.24) is 10.3 Å². The second-order valence-electron chi connectivity index (χ2n) is 9.09. The lowest BCUT2D eigenvalue weighted by molar-refractivity contribution is -0.137. The molecule has 0 saturated carbocycles. The fourth-order valence-electron chi connectivity index (χ4n) is 4.70. The normalized spacial score (nSPS) is 16.7. The highest BCUT2D eigenvalue weighted by Gasteiger charge is 2.25. The quantitative estimate of drug-likeness (QED) is 0.366. The van der Waals surface area contributed by atoms with Gasteiger partial charge in [0.15, 0.2) is 0 Å². The fraction of sp³-hybridized carbons (Fsp3) is 0.370. The van der Waals surface area contributed by atoms with Crippen LogP contribution in [0.5, 0.6) is 0 Å². The summed E-state index contributed by atoms with van der Waals surface area (Å²) in [5, 5.41) is 13.6. The lowest BCUT2D eigenvalue weighted by Gasteiger charge is -2.33. The number of benzene rings is 2. The van der Waals surface area contributed by atoms with Gasteiger partial charge in [-0.3, -0.25) is 9.59 Å². The van der Waals surface area contributed by atoms with E-state index in [1.165, 1.54) is 0 Å². The van der Waals surface area contributed by atoms with Crippen LogP contribution >= 0.6 is 27.5 Å². The third-order valence-corrected chi connectivity index (χ3v) is 7.33. The van der Waals surface area contributed by atoms with Gasteiger partial charge in [0, 0.05) is 52.4 Å². The molecule has 0 radical (unpaired) electrons. The molecule has 1 aromatic heterocycles. The van der Waals surface area contributed by atoms with Gasteiger partial charge in [0.05, 0.1) is 23.8 Å². The Balaban J connectivity index is 1.68. The molecule has 1 fully saturated rings. The summed E-state index contributed by atoms with van der Waals surface area (Å²) in [6.07, 6.45) is 0.413. The average molecular weight is 575 g/mol. The van der Waals surface area contributed by atoms with Gasteiger partial charge < -0.3 is 20.1 Å². The number of amides is 1. The highest BCUT2D eigenvalue weighted by atomic mass is 79.9. The van der Waals surface area contributed by atoms with Gasteiger partial charge in [-0.2, -0.15) is 0 Å². The van der Waals surface area contributed by atoms with Gasteiger partial charge >= 0.3 is 5.97 Å². The van der Waals surface area contributed by atoms with Crippen molar-refractivity contribution in [3.05, 3.63) is 68.7 Å². The molecule has 9 heteroatoms. The van der Waals surface area contributed by atoms with E-state index < -0.39 is 5.97 Å². The van der Waals surface area contributed by atoms with Crippen molar-refractivity contribution in [3.63, 3.8) is 0 Å². The van der Waals surface area contributed by atoms with E-state index in [4.69, 9.17) is 21.3 Å². The van der Waals surface area contributed by atoms with E-state index in [2.05, 4.69) is 26.1 Å². The minimum absolute atomic E-state index is 0.0186. The first kappa shape index (κ1) is 26.4. The number of carbonyl (C=O) groups is 2. The van der Waals surface area contributed by atoms with Crippen molar-refractivity contribution in [2.24, 2.45) is 0 Å². The number of hydrogen-bond acceptors (Lipinski definition) is 5. The molecule has 2 unspecified atom stereocenters. The molecular weight excluding hydrogens is 546 g/mol. The molecule has 190 valence electrons. The van der Waals surface area contributed by atoms with Crippen molar-refractivity contribution in [1.29, 1.82) is 0 Å². The summed E-state index contributed by atoms with van der Waals surface area (Å²) in [6.45, 7) is 6.21. The van der Waals surface area contributed by atoms with Crippen molar-refractivity contribution in [2.75, 3.05) is 31.1 Å². The smallest absolute Gasteiger partial charge is 0.303 e. The number of carboxylic acids is 1. The van der Waals surface area contributed by atoms with Crippen molar-refractivity contribution in [3.8, 4) is 0 Å². The Morgan fingerprint density at radius 2 is 2.08 bits per heavy atom. The highest BCUT2D eigenvalue weighted by Crippen LogP contribution is 2.32. The molecule has 2 N–H and O–H groups in total. The van der Waals surface area contributed by atoms with Crippen LogP contribution in [0.25, 0.3) is 10.9 Å². The highest BCUT2D eigenvalue weighted by molar-refractivity contribution is 9.10. The SMILES string of the molecule is Cc1c(N2CCOC(C)C2)nc2ccc(Br)cc2c1C(=O)NCC(CCC(=O)O)c1ccccc1Cl. The van der Waals surface area contributed by atoms with Crippen LogP contribution in [-0.2, 0) is 9.53 Å². The number of aliphatic carboxylic acids is 1. The predicted octanol–water partition coefficient (Wildman–Crippen LogP) is 5.56. The molecule has 0 bridgehead atoms. The number of aromatic nitrogens is 1. The van der Waals surface area contributed by atoms with Crippen molar-refractivity contribution < 1.29 is 19.4 Å². The molecule has 1 amide bonds. The van der Waals surface area contributed by atoms with Crippen LogP contribution < -0.4 is 10.2 Å². The maximum Gasteiger partial charge on any atom is 0.303 e. The molecule has 2 atom stereocenters. The van der Waals surface area contributed by atoms with Crippen molar-refractivity contribution in [2.45, 2.75) is 38.7 Å². The summed E-state index contributed by atoms with van der Waals surface area (Å²) >= 11 is 9.94. The third kappa shape index (κ3) is 5.99. The van der Waals surface area contributed by atoms with E-state index >= 15 is 0 Å². The van der Waals surface area contributed by atoms with Crippen LogP contribution in [0.15, 0.2) is 46.9 Å². The number of ether oxygens (including phenoxy) is 1. The standard InChI is InChI=1S/C27H29BrClN3O4/c1-16-15-32(11-12-36-16)26-17(2)25(21-13-19(28)8-9-23(21)31-26)27(35)30-14-18(7-10-24(33)34)20-5-3-4-6-22(20)29/h3-6,8-9,13,16,18H,7,10-12,14-15H2,1-2H3,(H,30,35)(H,33,34). The summed E-state index contributed by atoms with van der Waals surface area (Å²) < 4.78 is 6.55. The molecule has 36 heavy (non-hydrogen) atoms. The Labute approximate surface area is 223 Å². The summed E-state index contributed by atoms with van der Waals surface area (Å²) in [7, 11) is 0. The van der Waals surface area contributed by atoms with Gasteiger partial charge in [0.25, 0.3) is 5.91 Å². The Morgan fingerprint density at radius 1 is 1.31 bits per heavy atom. The molecule has 2 heterocycles. The van der Waals surface area contributed by atoms with Crippen LogP contribution in [0.1, 0.15) is 47.2 Å². The second kappa shape index (κ2) is 11.6. The molecule has 0 aliphatic carbocycles. The molecule has 4 rings (SSSR count). The van der Waals surface area contributed by atoms with E-state index in [9.17, 15) is 14.7 Å². The zero-order valence-corrected chi connectivity index (χ0v) is 22.6. The zero-order valence-electron chi connectivity index (χ0n) is 20.3. The number of carboxylic acid groups (broad SMARTS) is 1. The van der Waals surface area contributed by atoms with E-state index in [1.807, 2.05) is 50.2 Å². The lowest BCUT2D eigenvalue weighted by Crippen LogP contribution is -2.42. The van der Waals surface area contributed by atoms with Crippen LogP contribution in [0.3, 0.4) is 0 Å².